The van der Waals surface area contributed by atoms with E-state index in [9.17, 15) is 14.7 Å². The van der Waals surface area contributed by atoms with Crippen LogP contribution < -0.4 is 9.64 Å². The summed E-state index contributed by atoms with van der Waals surface area (Å²) in [6.07, 6.45) is 1.53. The molecule has 5 nitrogen and oxygen atoms in total. The fourth-order valence-corrected chi connectivity index (χ4v) is 3.73. The van der Waals surface area contributed by atoms with Crippen molar-refractivity contribution in [1.29, 1.82) is 0 Å². The lowest BCUT2D eigenvalue weighted by Crippen LogP contribution is -2.27. The van der Waals surface area contributed by atoms with Crippen LogP contribution in [0.2, 0.25) is 5.02 Å². The number of halogens is 2. The maximum atomic E-state index is 12.6. The average Bonchev–Trinajstić information content (AvgIpc) is 2.89. The van der Waals surface area contributed by atoms with E-state index >= 15 is 0 Å². The first-order valence-electron chi connectivity index (χ1n) is 7.02. The number of amides is 2. The first-order chi connectivity index (χ1) is 11.9. The van der Waals surface area contributed by atoms with Crippen LogP contribution in [-0.4, -0.2) is 23.4 Å². The van der Waals surface area contributed by atoms with E-state index in [-0.39, 0.29) is 26.7 Å². The number of nitrogens with zero attached hydrogens (tertiary/aromatic N) is 1. The molecule has 0 atom stereocenters. The van der Waals surface area contributed by atoms with Crippen molar-refractivity contribution in [2.75, 3.05) is 12.0 Å². The molecule has 1 aliphatic rings. The van der Waals surface area contributed by atoms with Gasteiger partial charge >= 0.3 is 0 Å². The molecule has 3 rings (SSSR count). The predicted molar refractivity (Wildman–Crippen MR) is 102 cm³/mol. The van der Waals surface area contributed by atoms with Crippen LogP contribution in [-0.2, 0) is 4.79 Å². The van der Waals surface area contributed by atoms with Gasteiger partial charge in [0.1, 0.15) is 5.02 Å². The SMILES string of the molecule is COc1cc(/C=C2/SC(=O)N(c3ccccc3)C2=O)c(Br)c(Cl)c1O. The number of ether oxygens (including phenoxy) is 1. The summed E-state index contributed by atoms with van der Waals surface area (Å²) in [6.45, 7) is 0. The van der Waals surface area contributed by atoms with Crippen molar-refractivity contribution in [3.8, 4) is 11.5 Å². The number of phenolic OH excluding ortho intramolecular Hbond substituents is 1. The van der Waals surface area contributed by atoms with Gasteiger partial charge in [-0.25, -0.2) is 4.90 Å². The Morgan fingerprint density at radius 1 is 1.28 bits per heavy atom. The van der Waals surface area contributed by atoms with Gasteiger partial charge in [0.2, 0.25) is 0 Å². The van der Waals surface area contributed by atoms with Gasteiger partial charge in [-0.2, -0.15) is 0 Å². The van der Waals surface area contributed by atoms with E-state index < -0.39 is 5.91 Å². The zero-order valence-corrected chi connectivity index (χ0v) is 16.0. The fraction of sp³-hybridized carbons (Fsp3) is 0.0588. The summed E-state index contributed by atoms with van der Waals surface area (Å²) in [5, 5.41) is 9.59. The number of para-hydroxylation sites is 1. The number of thioether (sulfide) groups is 1. The Morgan fingerprint density at radius 3 is 2.60 bits per heavy atom. The van der Waals surface area contributed by atoms with Crippen molar-refractivity contribution in [3.63, 3.8) is 0 Å². The summed E-state index contributed by atoms with van der Waals surface area (Å²) in [5.74, 6) is -0.455. The molecule has 1 heterocycles. The molecule has 1 N–H and O–H groups in total. The topological polar surface area (TPSA) is 66.8 Å². The minimum atomic E-state index is -0.420. The van der Waals surface area contributed by atoms with E-state index in [4.69, 9.17) is 16.3 Å². The van der Waals surface area contributed by atoms with Crippen LogP contribution in [0.5, 0.6) is 11.5 Å². The average molecular weight is 441 g/mol. The fourth-order valence-electron chi connectivity index (χ4n) is 2.28. The van der Waals surface area contributed by atoms with E-state index in [0.717, 1.165) is 16.7 Å². The smallest absolute Gasteiger partial charge is 0.298 e. The second kappa shape index (κ2) is 7.11. The molecule has 0 spiro atoms. The molecule has 1 saturated heterocycles. The second-order valence-corrected chi connectivity index (χ2v) is 7.16. The largest absolute Gasteiger partial charge is 0.503 e. The number of hydrogen-bond acceptors (Lipinski definition) is 5. The molecule has 2 amide bonds. The lowest BCUT2D eigenvalue weighted by atomic mass is 10.1. The third-order valence-electron chi connectivity index (χ3n) is 3.49. The molecular weight excluding hydrogens is 430 g/mol. The standard InChI is InChI=1S/C17H11BrClNO4S/c1-24-11-7-9(13(18)14(19)15(11)21)8-12-16(22)20(17(23)25-12)10-5-3-2-4-6-10/h2-8,21H,1H3/b12-8+. The van der Waals surface area contributed by atoms with Crippen molar-refractivity contribution < 1.29 is 19.4 Å². The molecule has 0 radical (unpaired) electrons. The zero-order chi connectivity index (χ0) is 18.1. The summed E-state index contributed by atoms with van der Waals surface area (Å²) >= 11 is 10.2. The monoisotopic (exact) mass is 439 g/mol. The lowest BCUT2D eigenvalue weighted by molar-refractivity contribution is -0.113. The van der Waals surface area contributed by atoms with Crippen molar-refractivity contribution >= 4 is 62.2 Å². The summed E-state index contributed by atoms with van der Waals surface area (Å²) in [4.78, 5) is 26.2. The molecule has 128 valence electrons. The minimum absolute atomic E-state index is 0.0629. The molecule has 0 aromatic heterocycles. The van der Waals surface area contributed by atoms with Gasteiger partial charge in [0.15, 0.2) is 11.5 Å². The molecule has 0 bridgehead atoms. The van der Waals surface area contributed by atoms with E-state index in [1.807, 2.05) is 0 Å². The van der Waals surface area contributed by atoms with Crippen LogP contribution in [0.25, 0.3) is 6.08 Å². The number of methoxy groups -OCH3 is 1. The number of hydrogen-bond donors (Lipinski definition) is 1. The Kier molecular flexibility index (Phi) is 5.08. The molecule has 0 unspecified atom stereocenters. The van der Waals surface area contributed by atoms with Crippen molar-refractivity contribution in [2.24, 2.45) is 0 Å². The first-order valence-corrected chi connectivity index (χ1v) is 9.00. The zero-order valence-electron chi connectivity index (χ0n) is 12.8. The third kappa shape index (κ3) is 3.27. The van der Waals surface area contributed by atoms with E-state index in [0.29, 0.717) is 15.7 Å². The maximum Gasteiger partial charge on any atom is 0.298 e. The van der Waals surface area contributed by atoms with E-state index in [1.54, 1.807) is 30.3 Å². The number of aromatic hydroxyl groups is 1. The Labute approximate surface area is 161 Å². The van der Waals surface area contributed by atoms with Gasteiger partial charge < -0.3 is 9.84 Å². The number of carbonyl (C=O) groups excluding carboxylic acids is 2. The highest BCUT2D eigenvalue weighted by atomic mass is 79.9. The highest BCUT2D eigenvalue weighted by Gasteiger charge is 2.36. The Morgan fingerprint density at radius 2 is 1.96 bits per heavy atom. The van der Waals surface area contributed by atoms with Crippen LogP contribution in [0.3, 0.4) is 0 Å². The van der Waals surface area contributed by atoms with Gasteiger partial charge in [-0.15, -0.1) is 0 Å². The highest BCUT2D eigenvalue weighted by molar-refractivity contribution is 9.10. The van der Waals surface area contributed by atoms with Gasteiger partial charge in [0.05, 0.1) is 17.7 Å². The van der Waals surface area contributed by atoms with Crippen molar-refractivity contribution in [2.45, 2.75) is 0 Å². The summed E-state index contributed by atoms with van der Waals surface area (Å²) in [7, 11) is 1.40. The number of phenols is 1. The number of benzene rings is 2. The number of imide groups is 1. The Hall–Kier alpha value is -1.96. The predicted octanol–water partition coefficient (Wildman–Crippen LogP) is 5.06. The van der Waals surface area contributed by atoms with E-state index in [1.165, 1.54) is 19.3 Å². The highest BCUT2D eigenvalue weighted by Crippen LogP contribution is 2.43. The molecule has 8 heteroatoms. The van der Waals surface area contributed by atoms with Gasteiger partial charge in [-0.3, -0.25) is 9.59 Å². The molecule has 0 saturated carbocycles. The first kappa shape index (κ1) is 17.8. The van der Waals surface area contributed by atoms with Crippen LogP contribution in [0.1, 0.15) is 5.56 Å². The van der Waals surface area contributed by atoms with Gasteiger partial charge in [-0.1, -0.05) is 29.8 Å². The number of rotatable bonds is 3. The van der Waals surface area contributed by atoms with Crippen LogP contribution >= 0.6 is 39.3 Å². The molecule has 0 aliphatic carbocycles. The summed E-state index contributed by atoms with van der Waals surface area (Å²) in [5.41, 5.74) is 1.02. The van der Waals surface area contributed by atoms with Gasteiger partial charge in [-0.05, 0) is 57.5 Å². The molecule has 1 aliphatic heterocycles. The molecule has 2 aromatic rings. The van der Waals surface area contributed by atoms with Crippen LogP contribution in [0.15, 0.2) is 45.8 Å². The number of carbonyl (C=O) groups is 2. The van der Waals surface area contributed by atoms with Gasteiger partial charge in [0.25, 0.3) is 11.1 Å². The number of anilines is 1. The maximum absolute atomic E-state index is 12.6. The molecule has 2 aromatic carbocycles. The molecular formula is C17H11BrClNO4S. The van der Waals surface area contributed by atoms with Crippen molar-refractivity contribution in [3.05, 3.63) is 56.4 Å². The lowest BCUT2D eigenvalue weighted by Gasteiger charge is -2.12. The summed E-state index contributed by atoms with van der Waals surface area (Å²) < 4.78 is 5.47. The third-order valence-corrected chi connectivity index (χ3v) is 5.81. The Balaban J connectivity index is 2.02. The molecule has 1 fully saturated rings. The molecule has 25 heavy (non-hydrogen) atoms. The van der Waals surface area contributed by atoms with E-state index in [2.05, 4.69) is 15.9 Å². The van der Waals surface area contributed by atoms with Crippen LogP contribution in [0.4, 0.5) is 10.5 Å². The normalized spacial score (nSPS) is 16.0. The quantitative estimate of drug-likeness (QED) is 0.676. The van der Waals surface area contributed by atoms with Gasteiger partial charge in [0, 0.05) is 4.47 Å². The Bertz CT molecular complexity index is 901. The minimum Gasteiger partial charge on any atom is -0.503 e. The van der Waals surface area contributed by atoms with Crippen molar-refractivity contribution in [1.82, 2.24) is 0 Å². The summed E-state index contributed by atoms with van der Waals surface area (Å²) in [6, 6.07) is 10.2. The van der Waals surface area contributed by atoms with Crippen LogP contribution in [0, 0.1) is 0 Å². The second-order valence-electron chi connectivity index (χ2n) is 5.00.